The Balaban J connectivity index is 0.936. The molecule has 9 heteroatoms. The second-order valence-corrected chi connectivity index (χ2v) is 15.4. The summed E-state index contributed by atoms with van der Waals surface area (Å²) >= 11 is 1.74. The Labute approximate surface area is 310 Å². The van der Waals surface area contributed by atoms with Crippen molar-refractivity contribution < 1.29 is 14.7 Å². The molecule has 3 heterocycles. The van der Waals surface area contributed by atoms with Gasteiger partial charge in [0, 0.05) is 49.6 Å². The number of phenols is 1. The molecule has 0 bridgehead atoms. The van der Waals surface area contributed by atoms with Crippen LogP contribution >= 0.6 is 11.3 Å². The van der Waals surface area contributed by atoms with Crippen LogP contribution in [0.2, 0.25) is 0 Å². The van der Waals surface area contributed by atoms with Gasteiger partial charge in [0.1, 0.15) is 5.75 Å². The van der Waals surface area contributed by atoms with Gasteiger partial charge in [0.15, 0.2) is 0 Å². The van der Waals surface area contributed by atoms with Gasteiger partial charge in [-0.05, 0) is 111 Å². The van der Waals surface area contributed by atoms with E-state index in [-0.39, 0.29) is 41.7 Å². The quantitative estimate of drug-likeness (QED) is 0.0823. The summed E-state index contributed by atoms with van der Waals surface area (Å²) in [6.07, 6.45) is 3.80. The molecule has 0 saturated carbocycles. The minimum absolute atomic E-state index is 0.0736. The van der Waals surface area contributed by atoms with Crippen LogP contribution in [0.5, 0.6) is 5.75 Å². The first-order chi connectivity index (χ1) is 25.3. The molecular formula is C43H49N5O3S. The number of fused-ring (bicyclic) bond motifs is 3. The second kappa shape index (κ2) is 16.3. The Morgan fingerprint density at radius 1 is 0.846 bits per heavy atom. The summed E-state index contributed by atoms with van der Waals surface area (Å²) in [5, 5.41) is 30.7. The highest BCUT2D eigenvalue weighted by Crippen LogP contribution is 2.37. The van der Waals surface area contributed by atoms with Crippen LogP contribution in [0, 0.1) is 5.92 Å². The van der Waals surface area contributed by atoms with Gasteiger partial charge >= 0.3 is 6.03 Å². The molecule has 6 N–H and O–H groups in total. The van der Waals surface area contributed by atoms with Crippen LogP contribution in [0.3, 0.4) is 0 Å². The molecule has 7 rings (SSSR count). The normalized spacial score (nSPS) is 17.8. The minimum atomic E-state index is -0.147. The van der Waals surface area contributed by atoms with E-state index in [0.717, 1.165) is 48.7 Å². The zero-order valence-electron chi connectivity index (χ0n) is 30.0. The molecule has 0 radical (unpaired) electrons. The number of urea groups is 1. The average Bonchev–Trinajstić information content (AvgIpc) is 3.62. The van der Waals surface area contributed by atoms with Crippen molar-refractivity contribution in [2.45, 2.75) is 77.2 Å². The number of aromatic hydroxyl groups is 1. The summed E-state index contributed by atoms with van der Waals surface area (Å²) in [6, 6.07) is 29.3. The van der Waals surface area contributed by atoms with Crippen molar-refractivity contribution in [3.8, 4) is 16.2 Å². The zero-order chi connectivity index (χ0) is 36.0. The molecule has 4 unspecified atom stereocenters. The zero-order valence-corrected chi connectivity index (χ0v) is 30.8. The summed E-state index contributed by atoms with van der Waals surface area (Å²) in [6.45, 7) is 6.93. The molecule has 0 spiro atoms. The Hall–Kier alpha value is -4.70. The maximum Gasteiger partial charge on any atom is 0.315 e. The summed E-state index contributed by atoms with van der Waals surface area (Å²) in [5.74, 6) is 0.547. The predicted octanol–water partition coefficient (Wildman–Crippen LogP) is 7.14. The van der Waals surface area contributed by atoms with E-state index in [0.29, 0.717) is 26.1 Å². The third kappa shape index (κ3) is 8.49. The third-order valence-corrected chi connectivity index (χ3v) is 11.6. The fourth-order valence-electron chi connectivity index (χ4n) is 7.75. The lowest BCUT2D eigenvalue weighted by Gasteiger charge is -2.27. The molecule has 0 aliphatic carbocycles. The number of rotatable bonds is 12. The number of hydrogen-bond acceptors (Lipinski definition) is 6. The number of amides is 3. The van der Waals surface area contributed by atoms with Crippen LogP contribution in [0.4, 0.5) is 4.79 Å². The molecule has 8 nitrogen and oxygen atoms in total. The first-order valence-corrected chi connectivity index (χ1v) is 19.5. The van der Waals surface area contributed by atoms with Crippen molar-refractivity contribution in [2.24, 2.45) is 5.92 Å². The van der Waals surface area contributed by atoms with Crippen LogP contribution in [-0.2, 0) is 37.1 Å². The minimum Gasteiger partial charge on any atom is -0.508 e. The standard InChI is InChI=1S/C43H49N5O3S/c1-3-40(48-43(51)47-26-36-20-28-7-4-5-8-33(28)23-44-36)31-12-14-38-30(19-31)9-6-10-39(38)42-32(15-16-52-42)17-27(2)18-41(50)46-25-35-21-29-11-13-37(49)22-34(29)24-45-35/h4-16,19,22,27,35-36,40,44-45,49H,3,17-18,20-21,23-26H2,1-2H3,(H,46,50)(H2,47,48,51). The second-order valence-electron chi connectivity index (χ2n) is 14.5. The van der Waals surface area contributed by atoms with Gasteiger partial charge < -0.3 is 31.7 Å². The Morgan fingerprint density at radius 2 is 1.60 bits per heavy atom. The van der Waals surface area contributed by atoms with E-state index in [9.17, 15) is 14.7 Å². The number of nitrogens with one attached hydrogen (secondary N) is 5. The van der Waals surface area contributed by atoms with E-state index in [1.807, 2.05) is 12.1 Å². The molecule has 270 valence electrons. The van der Waals surface area contributed by atoms with E-state index in [4.69, 9.17) is 0 Å². The number of carbonyl (C=O) groups is 2. The summed E-state index contributed by atoms with van der Waals surface area (Å²) < 4.78 is 0. The number of carbonyl (C=O) groups excluding carboxylic acids is 2. The number of hydrogen-bond donors (Lipinski definition) is 6. The highest BCUT2D eigenvalue weighted by Gasteiger charge is 2.22. The molecule has 0 saturated heterocycles. The van der Waals surface area contributed by atoms with Crippen LogP contribution in [-0.4, -0.2) is 42.2 Å². The smallest absolute Gasteiger partial charge is 0.315 e. The highest BCUT2D eigenvalue weighted by atomic mass is 32.1. The van der Waals surface area contributed by atoms with Crippen molar-refractivity contribution >= 4 is 34.0 Å². The van der Waals surface area contributed by atoms with Gasteiger partial charge in [0.2, 0.25) is 5.91 Å². The van der Waals surface area contributed by atoms with E-state index < -0.39 is 0 Å². The van der Waals surface area contributed by atoms with Gasteiger partial charge in [-0.1, -0.05) is 74.5 Å². The van der Waals surface area contributed by atoms with Gasteiger partial charge in [-0.15, -0.1) is 11.3 Å². The van der Waals surface area contributed by atoms with Gasteiger partial charge in [-0.2, -0.15) is 0 Å². The Bertz CT molecular complexity index is 2040. The lowest BCUT2D eigenvalue weighted by molar-refractivity contribution is -0.122. The molecular weight excluding hydrogens is 667 g/mol. The van der Waals surface area contributed by atoms with Crippen molar-refractivity contribution in [3.05, 3.63) is 124 Å². The largest absolute Gasteiger partial charge is 0.508 e. The number of benzene rings is 4. The van der Waals surface area contributed by atoms with Gasteiger partial charge in [-0.25, -0.2) is 4.79 Å². The monoisotopic (exact) mass is 715 g/mol. The molecule has 2 aliphatic rings. The molecule has 52 heavy (non-hydrogen) atoms. The third-order valence-electron chi connectivity index (χ3n) is 10.6. The maximum absolute atomic E-state index is 13.0. The van der Waals surface area contributed by atoms with E-state index in [2.05, 4.69) is 113 Å². The van der Waals surface area contributed by atoms with Gasteiger partial charge in [0.05, 0.1) is 6.04 Å². The van der Waals surface area contributed by atoms with Crippen LogP contribution < -0.4 is 26.6 Å². The topological polar surface area (TPSA) is 115 Å². The molecule has 4 aromatic carbocycles. The summed E-state index contributed by atoms with van der Waals surface area (Å²) in [4.78, 5) is 27.2. The highest BCUT2D eigenvalue weighted by molar-refractivity contribution is 7.13. The summed E-state index contributed by atoms with van der Waals surface area (Å²) in [5.41, 5.74) is 8.56. The number of phenolic OH excluding ortho intramolecular Hbond substituents is 1. The van der Waals surface area contributed by atoms with Gasteiger partial charge in [0.25, 0.3) is 0 Å². The number of thiophene rings is 1. The maximum atomic E-state index is 13.0. The average molecular weight is 716 g/mol. The molecule has 5 aromatic rings. The van der Waals surface area contributed by atoms with Crippen LogP contribution in [0.25, 0.3) is 21.2 Å². The van der Waals surface area contributed by atoms with Crippen molar-refractivity contribution in [1.82, 2.24) is 26.6 Å². The van der Waals surface area contributed by atoms with Crippen LogP contribution in [0.15, 0.2) is 90.3 Å². The van der Waals surface area contributed by atoms with Crippen molar-refractivity contribution in [2.75, 3.05) is 13.1 Å². The fourth-order valence-corrected chi connectivity index (χ4v) is 8.72. The first kappa shape index (κ1) is 35.7. The first-order valence-electron chi connectivity index (χ1n) is 18.6. The molecule has 0 fully saturated rings. The van der Waals surface area contributed by atoms with Gasteiger partial charge in [-0.3, -0.25) is 4.79 Å². The van der Waals surface area contributed by atoms with Crippen molar-refractivity contribution in [1.29, 1.82) is 0 Å². The molecule has 3 amide bonds. The molecule has 4 atom stereocenters. The Morgan fingerprint density at radius 3 is 2.40 bits per heavy atom. The van der Waals surface area contributed by atoms with E-state index >= 15 is 0 Å². The van der Waals surface area contributed by atoms with E-state index in [1.165, 1.54) is 38.1 Å². The SMILES string of the molecule is CCC(NC(=O)NCC1Cc2ccccc2CN1)c1ccc2c(-c3sccc3CC(C)CC(=O)NCC3Cc4ccc(O)cc4CN3)cccc2c1. The van der Waals surface area contributed by atoms with E-state index in [1.54, 1.807) is 17.4 Å². The molecule has 1 aromatic heterocycles. The van der Waals surface area contributed by atoms with Crippen molar-refractivity contribution in [3.63, 3.8) is 0 Å². The van der Waals surface area contributed by atoms with Crippen LogP contribution in [0.1, 0.15) is 66.1 Å². The lowest BCUT2D eigenvalue weighted by atomic mass is 9.93. The predicted molar refractivity (Wildman–Crippen MR) is 211 cm³/mol. The summed E-state index contributed by atoms with van der Waals surface area (Å²) in [7, 11) is 0. The Kier molecular flexibility index (Phi) is 11.2. The lowest BCUT2D eigenvalue weighted by Crippen LogP contribution is -2.47. The fraction of sp³-hybridized carbons (Fsp3) is 0.349. The molecule has 2 aliphatic heterocycles.